The second-order valence-corrected chi connectivity index (χ2v) is 7.96. The average molecular weight is 452 g/mol. The Morgan fingerprint density at radius 1 is 1.16 bits per heavy atom. The molecule has 0 aliphatic carbocycles. The Labute approximate surface area is 188 Å². The van der Waals surface area contributed by atoms with Gasteiger partial charge in [-0.3, -0.25) is 9.36 Å². The molecule has 9 heteroatoms. The summed E-state index contributed by atoms with van der Waals surface area (Å²) in [6, 6.07) is 18.9. The highest BCUT2D eigenvalue weighted by Crippen LogP contribution is 2.28. The summed E-state index contributed by atoms with van der Waals surface area (Å²) in [6.07, 6.45) is 2.97. The van der Waals surface area contributed by atoms with Gasteiger partial charge in [0.25, 0.3) is 5.91 Å². The Morgan fingerprint density at radius 2 is 1.94 bits per heavy atom. The van der Waals surface area contributed by atoms with Gasteiger partial charge in [-0.2, -0.15) is 5.10 Å². The van der Waals surface area contributed by atoms with E-state index in [0.717, 1.165) is 16.8 Å². The summed E-state index contributed by atoms with van der Waals surface area (Å²) in [7, 11) is 0. The Bertz CT molecular complexity index is 1190. The summed E-state index contributed by atoms with van der Waals surface area (Å²) in [5.74, 6) is 1.09. The molecule has 0 aliphatic heterocycles. The Hall–Kier alpha value is -3.36. The lowest BCUT2D eigenvalue weighted by molar-refractivity contribution is -0.118. The Balaban J connectivity index is 1.54. The van der Waals surface area contributed by atoms with Crippen molar-refractivity contribution in [2.75, 3.05) is 5.75 Å². The minimum Gasteiger partial charge on any atom is -0.463 e. The van der Waals surface area contributed by atoms with Crippen LogP contribution < -0.4 is 5.43 Å². The van der Waals surface area contributed by atoms with Crippen LogP contribution in [0, 0.1) is 6.92 Å². The molecule has 156 valence electrons. The summed E-state index contributed by atoms with van der Waals surface area (Å²) < 4.78 is 7.04. The molecule has 2 heterocycles. The number of aryl methyl sites for hydroxylation is 1. The van der Waals surface area contributed by atoms with E-state index in [1.165, 1.54) is 24.2 Å². The van der Waals surface area contributed by atoms with Crippen LogP contribution in [0.25, 0.3) is 17.1 Å². The number of carbonyl (C=O) groups is 1. The fourth-order valence-corrected chi connectivity index (χ4v) is 3.64. The van der Waals surface area contributed by atoms with Crippen LogP contribution in [0.4, 0.5) is 0 Å². The number of benzene rings is 2. The van der Waals surface area contributed by atoms with Crippen molar-refractivity contribution in [2.24, 2.45) is 5.10 Å². The van der Waals surface area contributed by atoms with Gasteiger partial charge < -0.3 is 4.42 Å². The largest absolute Gasteiger partial charge is 0.463 e. The molecule has 0 aliphatic rings. The van der Waals surface area contributed by atoms with Crippen molar-refractivity contribution < 1.29 is 9.21 Å². The molecule has 2 aromatic heterocycles. The van der Waals surface area contributed by atoms with Gasteiger partial charge in [0.1, 0.15) is 5.76 Å². The highest BCUT2D eigenvalue weighted by molar-refractivity contribution is 7.99. The zero-order chi connectivity index (χ0) is 21.6. The van der Waals surface area contributed by atoms with Gasteiger partial charge in [-0.05, 0) is 43.3 Å². The van der Waals surface area contributed by atoms with E-state index in [1.54, 1.807) is 24.3 Å². The number of hydrogen-bond donors (Lipinski definition) is 1. The first-order chi connectivity index (χ1) is 15.1. The van der Waals surface area contributed by atoms with E-state index in [4.69, 9.17) is 16.0 Å². The van der Waals surface area contributed by atoms with Crippen molar-refractivity contribution >= 4 is 35.5 Å². The third-order valence-electron chi connectivity index (χ3n) is 4.28. The zero-order valence-electron chi connectivity index (χ0n) is 16.5. The number of thioether (sulfide) groups is 1. The molecular formula is C22H18ClN5O2S. The first-order valence-corrected chi connectivity index (χ1v) is 10.7. The number of halogens is 1. The van der Waals surface area contributed by atoms with E-state index in [-0.39, 0.29) is 11.7 Å². The van der Waals surface area contributed by atoms with Crippen LogP contribution in [0.15, 0.2) is 81.6 Å². The molecule has 0 bridgehead atoms. The molecule has 0 saturated heterocycles. The molecule has 4 rings (SSSR count). The predicted octanol–water partition coefficient (Wildman–Crippen LogP) is 4.73. The molecule has 0 atom stereocenters. The number of carbonyl (C=O) groups excluding carboxylic acids is 1. The SMILES string of the molecule is Cc1ccc(-c2nnc(SCC(=O)NN=Cc3ccco3)n2-c2ccc(Cl)cc2)cc1. The third kappa shape index (κ3) is 5.22. The lowest BCUT2D eigenvalue weighted by Gasteiger charge is -2.10. The smallest absolute Gasteiger partial charge is 0.250 e. The van der Waals surface area contributed by atoms with Crippen molar-refractivity contribution in [2.45, 2.75) is 12.1 Å². The van der Waals surface area contributed by atoms with Crippen molar-refractivity contribution in [1.29, 1.82) is 0 Å². The number of aromatic nitrogens is 3. The van der Waals surface area contributed by atoms with Crippen molar-refractivity contribution in [3.8, 4) is 17.1 Å². The van der Waals surface area contributed by atoms with Crippen molar-refractivity contribution in [3.63, 3.8) is 0 Å². The molecule has 0 saturated carbocycles. The summed E-state index contributed by atoms with van der Waals surface area (Å²) >= 11 is 7.32. The molecule has 0 spiro atoms. The highest BCUT2D eigenvalue weighted by atomic mass is 35.5. The minimum atomic E-state index is -0.268. The van der Waals surface area contributed by atoms with Gasteiger partial charge >= 0.3 is 0 Å². The van der Waals surface area contributed by atoms with Crippen LogP contribution in [-0.4, -0.2) is 32.6 Å². The standard InChI is InChI=1S/C22H18ClN5O2S/c1-15-4-6-16(7-5-15)21-26-27-22(28(21)18-10-8-17(23)9-11-18)31-14-20(29)25-24-13-19-3-2-12-30-19/h2-13H,14H2,1H3,(H,25,29). The van der Waals surface area contributed by atoms with Gasteiger partial charge in [-0.25, -0.2) is 5.43 Å². The van der Waals surface area contributed by atoms with E-state index in [1.807, 2.05) is 47.9 Å². The van der Waals surface area contributed by atoms with Crippen LogP contribution >= 0.6 is 23.4 Å². The first-order valence-electron chi connectivity index (χ1n) is 9.37. The predicted molar refractivity (Wildman–Crippen MR) is 122 cm³/mol. The van der Waals surface area contributed by atoms with Crippen molar-refractivity contribution in [1.82, 2.24) is 20.2 Å². The first kappa shape index (κ1) is 20.9. The maximum Gasteiger partial charge on any atom is 0.250 e. The summed E-state index contributed by atoms with van der Waals surface area (Å²) in [5.41, 5.74) is 5.41. The van der Waals surface area contributed by atoms with Gasteiger partial charge in [0.05, 0.1) is 18.2 Å². The van der Waals surface area contributed by atoms with E-state index in [0.29, 0.717) is 21.8 Å². The lowest BCUT2D eigenvalue weighted by atomic mass is 10.1. The molecule has 1 N–H and O–H groups in total. The molecule has 0 fully saturated rings. The van der Waals surface area contributed by atoms with E-state index < -0.39 is 0 Å². The lowest BCUT2D eigenvalue weighted by Crippen LogP contribution is -2.19. The molecule has 31 heavy (non-hydrogen) atoms. The van der Waals surface area contributed by atoms with Crippen LogP contribution in [0.5, 0.6) is 0 Å². The minimum absolute atomic E-state index is 0.120. The molecule has 2 aromatic carbocycles. The molecular weight excluding hydrogens is 434 g/mol. The number of hydrogen-bond acceptors (Lipinski definition) is 6. The number of nitrogens with zero attached hydrogens (tertiary/aromatic N) is 4. The van der Waals surface area contributed by atoms with Gasteiger partial charge in [-0.1, -0.05) is 53.2 Å². The van der Waals surface area contributed by atoms with Crippen LogP contribution in [0.3, 0.4) is 0 Å². The number of nitrogens with one attached hydrogen (secondary N) is 1. The third-order valence-corrected chi connectivity index (χ3v) is 5.47. The molecule has 0 unspecified atom stereocenters. The van der Waals surface area contributed by atoms with E-state index in [9.17, 15) is 4.79 Å². The Morgan fingerprint density at radius 3 is 2.65 bits per heavy atom. The van der Waals surface area contributed by atoms with Gasteiger partial charge in [0.15, 0.2) is 11.0 Å². The second-order valence-electron chi connectivity index (χ2n) is 6.58. The fraction of sp³-hybridized carbons (Fsp3) is 0.0909. The Kier molecular flexibility index (Phi) is 6.49. The normalized spacial score (nSPS) is 11.2. The van der Waals surface area contributed by atoms with Crippen molar-refractivity contribution in [3.05, 3.63) is 83.3 Å². The molecule has 4 aromatic rings. The second kappa shape index (κ2) is 9.63. The molecule has 1 amide bonds. The van der Waals surface area contributed by atoms with Crippen LogP contribution in [0.2, 0.25) is 5.02 Å². The quantitative estimate of drug-likeness (QED) is 0.249. The zero-order valence-corrected chi connectivity index (χ0v) is 18.1. The van der Waals surface area contributed by atoms with E-state index >= 15 is 0 Å². The monoisotopic (exact) mass is 451 g/mol. The summed E-state index contributed by atoms with van der Waals surface area (Å²) in [6.45, 7) is 2.03. The highest BCUT2D eigenvalue weighted by Gasteiger charge is 2.17. The van der Waals surface area contributed by atoms with Gasteiger partial charge in [-0.15, -0.1) is 10.2 Å². The molecule has 0 radical (unpaired) electrons. The number of rotatable bonds is 7. The van der Waals surface area contributed by atoms with Gasteiger partial charge in [0.2, 0.25) is 0 Å². The summed E-state index contributed by atoms with van der Waals surface area (Å²) in [4.78, 5) is 12.2. The molecule has 7 nitrogen and oxygen atoms in total. The summed E-state index contributed by atoms with van der Waals surface area (Å²) in [5, 5.41) is 13.8. The van der Waals surface area contributed by atoms with E-state index in [2.05, 4.69) is 20.7 Å². The number of amides is 1. The van der Waals surface area contributed by atoms with Crippen LogP contribution in [-0.2, 0) is 4.79 Å². The average Bonchev–Trinajstić information content (AvgIpc) is 3.43. The topological polar surface area (TPSA) is 85.3 Å². The number of hydrazone groups is 1. The fourth-order valence-electron chi connectivity index (χ4n) is 2.77. The van der Waals surface area contributed by atoms with Crippen LogP contribution in [0.1, 0.15) is 11.3 Å². The number of furan rings is 1. The maximum atomic E-state index is 12.2. The van der Waals surface area contributed by atoms with Gasteiger partial charge in [0, 0.05) is 16.3 Å². The maximum absolute atomic E-state index is 12.2.